The Morgan fingerprint density at radius 2 is 0.775 bits per heavy atom. The van der Waals surface area contributed by atoms with Gasteiger partial charge in [-0.05, 0) is 63.0 Å². The van der Waals surface area contributed by atoms with Gasteiger partial charge in [0.05, 0.1) is 11.4 Å². The fraction of sp³-hybridized carbons (Fsp3) is 0. The van der Waals surface area contributed by atoms with Gasteiger partial charge in [-0.3, -0.25) is 0 Å². The summed E-state index contributed by atoms with van der Waals surface area (Å²) in [5, 5.41) is 5.91. The third-order valence-electron chi connectivity index (χ3n) is 7.22. The van der Waals surface area contributed by atoms with Gasteiger partial charge in [0, 0.05) is 26.7 Å². The number of rotatable bonds is 4. The molecule has 0 unspecified atom stereocenters. The van der Waals surface area contributed by atoms with Crippen molar-refractivity contribution in [3.05, 3.63) is 144 Å². The fourth-order valence-corrected chi connectivity index (χ4v) is 5.63. The molecule has 7 aromatic rings. The van der Waals surface area contributed by atoms with Crippen LogP contribution < -0.4 is 0 Å². The molecule has 0 aliphatic heterocycles. The first-order chi connectivity index (χ1) is 19.7. The quantitative estimate of drug-likeness (QED) is 0.203. The highest BCUT2D eigenvalue weighted by Crippen LogP contribution is 2.43. The maximum absolute atomic E-state index is 6.22. The van der Waals surface area contributed by atoms with Crippen LogP contribution in [-0.4, -0.2) is 9.97 Å². The lowest BCUT2D eigenvalue weighted by Crippen LogP contribution is -1.98. The summed E-state index contributed by atoms with van der Waals surface area (Å²) in [4.78, 5) is 10.3. The lowest BCUT2D eigenvalue weighted by molar-refractivity contribution is 1.19. The van der Waals surface area contributed by atoms with Gasteiger partial charge in [0.25, 0.3) is 0 Å². The predicted octanol–water partition coefficient (Wildman–Crippen LogP) is 10.8. The molecule has 190 valence electrons. The first-order valence-corrected chi connectivity index (χ1v) is 13.8. The molecule has 1 aromatic heterocycles. The molecule has 7 rings (SSSR count). The molecule has 0 saturated carbocycles. The summed E-state index contributed by atoms with van der Waals surface area (Å²) in [6.07, 6.45) is 0. The third kappa shape index (κ3) is 4.42. The van der Waals surface area contributed by atoms with E-state index in [2.05, 4.69) is 78.9 Å². The van der Waals surface area contributed by atoms with Gasteiger partial charge in [-0.2, -0.15) is 0 Å². The molecule has 0 saturated heterocycles. The third-order valence-corrected chi connectivity index (χ3v) is 7.73. The fourth-order valence-electron chi connectivity index (χ4n) is 5.38. The van der Waals surface area contributed by atoms with Crippen molar-refractivity contribution in [2.45, 2.75) is 0 Å². The number of hydrogen-bond donors (Lipinski definition) is 0. The Labute approximate surface area is 242 Å². The first kappa shape index (κ1) is 24.5. The maximum atomic E-state index is 6.22. The van der Waals surface area contributed by atoms with Crippen LogP contribution in [0.4, 0.5) is 0 Å². The van der Waals surface area contributed by atoms with Crippen molar-refractivity contribution in [2.75, 3.05) is 0 Å². The van der Waals surface area contributed by atoms with E-state index in [1.807, 2.05) is 54.6 Å². The van der Waals surface area contributed by atoms with E-state index in [0.29, 0.717) is 15.9 Å². The average molecular weight is 553 g/mol. The molecule has 0 N–H and O–H groups in total. The van der Waals surface area contributed by atoms with Crippen molar-refractivity contribution >= 4 is 44.7 Å². The molecule has 0 atom stereocenters. The Bertz CT molecular complexity index is 1880. The van der Waals surface area contributed by atoms with E-state index in [0.717, 1.165) is 49.6 Å². The standard InChI is InChI=1S/C36H22Cl2N2/c37-26-18-14-23(15-19-26)32-22-33(24-16-20-27(38)21-17-24)40-36(39-32)35-30-12-6-4-10-28(30)34(25-8-2-1-3-9-25)29-11-5-7-13-31(29)35/h1-22H. The Kier molecular flexibility index (Phi) is 6.28. The second-order valence-electron chi connectivity index (χ2n) is 9.68. The molecule has 0 fully saturated rings. The Morgan fingerprint density at radius 3 is 1.23 bits per heavy atom. The second kappa shape index (κ2) is 10.2. The first-order valence-electron chi connectivity index (χ1n) is 13.1. The van der Waals surface area contributed by atoms with Crippen molar-refractivity contribution in [1.82, 2.24) is 9.97 Å². The molecule has 0 aliphatic carbocycles. The lowest BCUT2D eigenvalue weighted by Gasteiger charge is -2.18. The second-order valence-corrected chi connectivity index (χ2v) is 10.6. The van der Waals surface area contributed by atoms with Crippen LogP contribution in [0.3, 0.4) is 0 Å². The molecular weight excluding hydrogens is 531 g/mol. The van der Waals surface area contributed by atoms with E-state index in [9.17, 15) is 0 Å². The normalized spacial score (nSPS) is 11.2. The van der Waals surface area contributed by atoms with Gasteiger partial charge in [0.1, 0.15) is 0 Å². The molecule has 4 heteroatoms. The van der Waals surface area contributed by atoms with Gasteiger partial charge < -0.3 is 0 Å². The van der Waals surface area contributed by atoms with Crippen LogP contribution in [0.25, 0.3) is 66.6 Å². The van der Waals surface area contributed by atoms with Gasteiger partial charge in [0.15, 0.2) is 5.82 Å². The molecule has 0 spiro atoms. The van der Waals surface area contributed by atoms with E-state index >= 15 is 0 Å². The summed E-state index contributed by atoms with van der Waals surface area (Å²) in [7, 11) is 0. The predicted molar refractivity (Wildman–Crippen MR) is 169 cm³/mol. The Morgan fingerprint density at radius 1 is 0.375 bits per heavy atom. The van der Waals surface area contributed by atoms with Gasteiger partial charge in [0.2, 0.25) is 0 Å². The number of aromatic nitrogens is 2. The summed E-state index contributed by atoms with van der Waals surface area (Å²) in [5.41, 5.74) is 6.99. The summed E-state index contributed by atoms with van der Waals surface area (Å²) in [6, 6.07) is 45.2. The van der Waals surface area contributed by atoms with Crippen LogP contribution >= 0.6 is 23.2 Å². The minimum absolute atomic E-state index is 0.671. The number of fused-ring (bicyclic) bond motifs is 2. The molecular formula is C36H22Cl2N2. The number of halogens is 2. The largest absolute Gasteiger partial charge is 0.228 e. The van der Waals surface area contributed by atoms with E-state index in [-0.39, 0.29) is 0 Å². The molecule has 2 nitrogen and oxygen atoms in total. The number of benzene rings is 6. The summed E-state index contributed by atoms with van der Waals surface area (Å²) >= 11 is 12.4. The van der Waals surface area contributed by atoms with Crippen LogP contribution in [0.5, 0.6) is 0 Å². The molecule has 0 bridgehead atoms. The van der Waals surface area contributed by atoms with Gasteiger partial charge in [-0.1, -0.05) is 126 Å². The smallest absolute Gasteiger partial charge is 0.161 e. The zero-order valence-corrected chi connectivity index (χ0v) is 22.9. The van der Waals surface area contributed by atoms with Gasteiger partial charge >= 0.3 is 0 Å². The van der Waals surface area contributed by atoms with Gasteiger partial charge in [-0.15, -0.1) is 0 Å². The van der Waals surface area contributed by atoms with Crippen molar-refractivity contribution in [1.29, 1.82) is 0 Å². The zero-order chi connectivity index (χ0) is 27.1. The van der Waals surface area contributed by atoms with Crippen molar-refractivity contribution in [3.8, 4) is 45.0 Å². The molecule has 40 heavy (non-hydrogen) atoms. The van der Waals surface area contributed by atoms with Crippen LogP contribution in [0, 0.1) is 0 Å². The Balaban J connectivity index is 1.58. The van der Waals surface area contributed by atoms with Crippen molar-refractivity contribution in [2.24, 2.45) is 0 Å². The summed E-state index contributed by atoms with van der Waals surface area (Å²) in [6.45, 7) is 0. The van der Waals surface area contributed by atoms with Crippen LogP contribution in [0.15, 0.2) is 133 Å². The highest BCUT2D eigenvalue weighted by molar-refractivity contribution is 6.31. The topological polar surface area (TPSA) is 25.8 Å². The van der Waals surface area contributed by atoms with E-state index < -0.39 is 0 Å². The number of nitrogens with zero attached hydrogens (tertiary/aromatic N) is 2. The SMILES string of the molecule is Clc1ccc(-c2cc(-c3ccc(Cl)cc3)nc(-c3c4ccccc4c(-c4ccccc4)c4ccccc34)n2)cc1. The van der Waals surface area contributed by atoms with Crippen molar-refractivity contribution < 1.29 is 0 Å². The van der Waals surface area contributed by atoms with Crippen molar-refractivity contribution in [3.63, 3.8) is 0 Å². The molecule has 0 aliphatic rings. The van der Waals surface area contributed by atoms with E-state index in [4.69, 9.17) is 33.2 Å². The number of hydrogen-bond acceptors (Lipinski definition) is 2. The van der Waals surface area contributed by atoms with Gasteiger partial charge in [-0.25, -0.2) is 9.97 Å². The molecule has 6 aromatic carbocycles. The molecule has 1 heterocycles. The molecule has 0 amide bonds. The lowest BCUT2D eigenvalue weighted by atomic mass is 9.88. The minimum atomic E-state index is 0.671. The zero-order valence-electron chi connectivity index (χ0n) is 21.4. The van der Waals surface area contributed by atoms with Crippen LogP contribution in [0.2, 0.25) is 10.0 Å². The van der Waals surface area contributed by atoms with Crippen LogP contribution in [0.1, 0.15) is 0 Å². The van der Waals surface area contributed by atoms with E-state index in [1.165, 1.54) is 11.1 Å². The minimum Gasteiger partial charge on any atom is -0.228 e. The molecule has 0 radical (unpaired) electrons. The monoisotopic (exact) mass is 552 g/mol. The summed E-state index contributed by atoms with van der Waals surface area (Å²) in [5.74, 6) is 0.671. The summed E-state index contributed by atoms with van der Waals surface area (Å²) < 4.78 is 0. The highest BCUT2D eigenvalue weighted by atomic mass is 35.5. The van der Waals surface area contributed by atoms with Crippen LogP contribution in [-0.2, 0) is 0 Å². The highest BCUT2D eigenvalue weighted by Gasteiger charge is 2.19. The average Bonchev–Trinajstić information content (AvgIpc) is 3.00. The van der Waals surface area contributed by atoms with E-state index in [1.54, 1.807) is 0 Å². The maximum Gasteiger partial charge on any atom is 0.161 e. The Hall–Kier alpha value is -4.50.